The van der Waals surface area contributed by atoms with Gasteiger partial charge in [0.05, 0.1) is 19.3 Å². The number of nitrogens with one attached hydrogen (secondary N) is 1. The van der Waals surface area contributed by atoms with Crippen LogP contribution in [0.4, 0.5) is 11.5 Å². The molecule has 0 aliphatic rings. The van der Waals surface area contributed by atoms with Crippen molar-refractivity contribution in [1.82, 2.24) is 9.97 Å². The molecule has 0 aliphatic heterocycles. The second kappa shape index (κ2) is 7.67. The Morgan fingerprint density at radius 3 is 2.78 bits per heavy atom. The predicted octanol–water partition coefficient (Wildman–Crippen LogP) is 0.531. The van der Waals surface area contributed by atoms with Gasteiger partial charge in [0.25, 0.3) is 0 Å². The lowest BCUT2D eigenvalue weighted by atomic mass is 10.3. The van der Waals surface area contributed by atoms with Gasteiger partial charge in [0, 0.05) is 20.8 Å². The van der Waals surface area contributed by atoms with Gasteiger partial charge in [0.1, 0.15) is 12.0 Å². The number of nitrogen functional groups attached to an aromatic ring is 1. The van der Waals surface area contributed by atoms with Crippen molar-refractivity contribution in [2.75, 3.05) is 45.0 Å². The molecule has 7 nitrogen and oxygen atoms in total. The molecular formula is C11H20N4O3. The minimum Gasteiger partial charge on any atom is -0.476 e. The van der Waals surface area contributed by atoms with E-state index in [1.165, 1.54) is 6.33 Å². The Morgan fingerprint density at radius 2 is 2.17 bits per heavy atom. The Morgan fingerprint density at radius 1 is 1.39 bits per heavy atom. The van der Waals surface area contributed by atoms with E-state index in [9.17, 15) is 0 Å². The largest absolute Gasteiger partial charge is 0.476 e. The van der Waals surface area contributed by atoms with Crippen molar-refractivity contribution in [3.8, 4) is 5.88 Å². The zero-order valence-electron chi connectivity index (χ0n) is 11.0. The summed E-state index contributed by atoms with van der Waals surface area (Å²) in [6.07, 6.45) is 1.34. The zero-order chi connectivity index (χ0) is 13.4. The first-order valence-corrected chi connectivity index (χ1v) is 5.71. The maximum absolute atomic E-state index is 5.89. The van der Waals surface area contributed by atoms with Crippen molar-refractivity contribution in [1.29, 1.82) is 0 Å². The monoisotopic (exact) mass is 256 g/mol. The van der Waals surface area contributed by atoms with E-state index in [4.69, 9.17) is 19.9 Å². The molecule has 1 aromatic rings. The lowest BCUT2D eigenvalue weighted by Gasteiger charge is -2.16. The molecule has 1 heterocycles. The number of nitrogens with two attached hydrogens (primary N) is 1. The highest BCUT2D eigenvalue weighted by atomic mass is 16.5. The van der Waals surface area contributed by atoms with E-state index in [-0.39, 0.29) is 6.10 Å². The molecule has 0 radical (unpaired) electrons. The third-order valence-electron chi connectivity index (χ3n) is 2.31. The van der Waals surface area contributed by atoms with Crippen molar-refractivity contribution in [2.24, 2.45) is 0 Å². The summed E-state index contributed by atoms with van der Waals surface area (Å²) in [6.45, 7) is 3.41. The van der Waals surface area contributed by atoms with Gasteiger partial charge in [-0.1, -0.05) is 0 Å². The van der Waals surface area contributed by atoms with E-state index in [1.807, 2.05) is 6.92 Å². The topological polar surface area (TPSA) is 91.5 Å². The fourth-order valence-electron chi connectivity index (χ4n) is 1.38. The second-order valence-corrected chi connectivity index (χ2v) is 3.57. The van der Waals surface area contributed by atoms with Gasteiger partial charge in [-0.2, -0.15) is 4.98 Å². The SMILES string of the molecule is CCOc1ncnc(NCC(COC)OC)c1N. The second-order valence-electron chi connectivity index (χ2n) is 3.57. The van der Waals surface area contributed by atoms with Crippen LogP contribution < -0.4 is 15.8 Å². The van der Waals surface area contributed by atoms with Crippen molar-refractivity contribution in [3.05, 3.63) is 6.33 Å². The molecule has 1 atom stereocenters. The normalized spacial score (nSPS) is 12.2. The fraction of sp³-hybridized carbons (Fsp3) is 0.636. The van der Waals surface area contributed by atoms with E-state index < -0.39 is 0 Å². The molecule has 1 aromatic heterocycles. The summed E-state index contributed by atoms with van der Waals surface area (Å²) in [6, 6.07) is 0. The van der Waals surface area contributed by atoms with Crippen LogP contribution >= 0.6 is 0 Å². The Bertz CT molecular complexity index is 362. The summed E-state index contributed by atoms with van der Waals surface area (Å²) in [5, 5.41) is 3.09. The van der Waals surface area contributed by atoms with Gasteiger partial charge in [-0.05, 0) is 6.92 Å². The lowest BCUT2D eigenvalue weighted by Crippen LogP contribution is -2.27. The number of hydrogen-bond donors (Lipinski definition) is 2. The number of rotatable bonds is 8. The fourth-order valence-corrected chi connectivity index (χ4v) is 1.38. The molecule has 0 saturated heterocycles. The van der Waals surface area contributed by atoms with Crippen LogP contribution in [0.1, 0.15) is 6.92 Å². The average molecular weight is 256 g/mol. The highest BCUT2D eigenvalue weighted by molar-refractivity contribution is 5.66. The average Bonchev–Trinajstić information content (AvgIpc) is 2.38. The summed E-state index contributed by atoms with van der Waals surface area (Å²) >= 11 is 0. The summed E-state index contributed by atoms with van der Waals surface area (Å²) in [5.74, 6) is 0.919. The van der Waals surface area contributed by atoms with Gasteiger partial charge in [-0.3, -0.25) is 0 Å². The van der Waals surface area contributed by atoms with E-state index in [0.29, 0.717) is 37.1 Å². The predicted molar refractivity (Wildman–Crippen MR) is 68.8 cm³/mol. The number of methoxy groups -OCH3 is 2. The van der Waals surface area contributed by atoms with E-state index in [1.54, 1.807) is 14.2 Å². The molecule has 0 aromatic carbocycles. The highest BCUT2D eigenvalue weighted by Gasteiger charge is 2.11. The molecule has 102 valence electrons. The summed E-state index contributed by atoms with van der Waals surface area (Å²) in [4.78, 5) is 8.02. The molecule has 1 unspecified atom stereocenters. The van der Waals surface area contributed by atoms with Crippen LogP contribution in [-0.2, 0) is 9.47 Å². The molecule has 0 aliphatic carbocycles. The number of ether oxygens (including phenoxy) is 3. The molecule has 0 amide bonds. The lowest BCUT2D eigenvalue weighted by molar-refractivity contribution is 0.0365. The van der Waals surface area contributed by atoms with Crippen molar-refractivity contribution < 1.29 is 14.2 Å². The molecule has 0 saturated carbocycles. The Hall–Kier alpha value is -1.60. The van der Waals surface area contributed by atoms with Crippen LogP contribution in [-0.4, -0.2) is 50.1 Å². The standard InChI is InChI=1S/C11H20N4O3/c1-4-18-11-9(12)10(14-7-15-11)13-5-8(17-3)6-16-2/h7-8H,4-6,12H2,1-3H3,(H,13,14,15). The quantitative estimate of drug-likeness (QED) is 0.701. The van der Waals surface area contributed by atoms with Crippen LogP contribution in [0.25, 0.3) is 0 Å². The minimum absolute atomic E-state index is 0.0695. The molecule has 1 rings (SSSR count). The summed E-state index contributed by atoms with van der Waals surface area (Å²) < 4.78 is 15.5. The third-order valence-corrected chi connectivity index (χ3v) is 2.31. The van der Waals surface area contributed by atoms with E-state index >= 15 is 0 Å². The van der Waals surface area contributed by atoms with Gasteiger partial charge >= 0.3 is 0 Å². The Kier molecular flexibility index (Phi) is 6.16. The van der Waals surface area contributed by atoms with E-state index in [0.717, 1.165) is 0 Å². The number of anilines is 2. The highest BCUT2D eigenvalue weighted by Crippen LogP contribution is 2.24. The summed E-state index contributed by atoms with van der Waals surface area (Å²) in [5.41, 5.74) is 6.28. The Balaban J connectivity index is 2.63. The first-order chi connectivity index (χ1) is 8.72. The van der Waals surface area contributed by atoms with Crippen LogP contribution in [0, 0.1) is 0 Å². The minimum atomic E-state index is -0.0695. The first kappa shape index (κ1) is 14.5. The third kappa shape index (κ3) is 4.01. The van der Waals surface area contributed by atoms with Gasteiger partial charge in [-0.15, -0.1) is 0 Å². The van der Waals surface area contributed by atoms with E-state index in [2.05, 4.69) is 15.3 Å². The number of aromatic nitrogens is 2. The molecule has 0 spiro atoms. The van der Waals surface area contributed by atoms with Crippen LogP contribution in [0.2, 0.25) is 0 Å². The molecular weight excluding hydrogens is 236 g/mol. The molecule has 0 fully saturated rings. The summed E-state index contributed by atoms with van der Waals surface area (Å²) in [7, 11) is 3.25. The number of hydrogen-bond acceptors (Lipinski definition) is 7. The molecule has 7 heteroatoms. The molecule has 18 heavy (non-hydrogen) atoms. The zero-order valence-corrected chi connectivity index (χ0v) is 11.0. The number of nitrogens with zero attached hydrogens (tertiary/aromatic N) is 2. The van der Waals surface area contributed by atoms with Gasteiger partial charge in [-0.25, -0.2) is 4.98 Å². The molecule has 3 N–H and O–H groups in total. The van der Waals surface area contributed by atoms with Crippen molar-refractivity contribution >= 4 is 11.5 Å². The van der Waals surface area contributed by atoms with Gasteiger partial charge in [0.15, 0.2) is 5.82 Å². The maximum Gasteiger partial charge on any atom is 0.242 e. The Labute approximate surface area is 107 Å². The smallest absolute Gasteiger partial charge is 0.242 e. The van der Waals surface area contributed by atoms with Crippen LogP contribution in [0.3, 0.4) is 0 Å². The van der Waals surface area contributed by atoms with Crippen molar-refractivity contribution in [3.63, 3.8) is 0 Å². The van der Waals surface area contributed by atoms with Gasteiger partial charge < -0.3 is 25.3 Å². The first-order valence-electron chi connectivity index (χ1n) is 5.71. The van der Waals surface area contributed by atoms with Crippen LogP contribution in [0.5, 0.6) is 5.88 Å². The van der Waals surface area contributed by atoms with Gasteiger partial charge in [0.2, 0.25) is 5.88 Å². The van der Waals surface area contributed by atoms with Crippen molar-refractivity contribution in [2.45, 2.75) is 13.0 Å². The molecule has 0 bridgehead atoms. The van der Waals surface area contributed by atoms with Crippen LogP contribution in [0.15, 0.2) is 6.33 Å². The maximum atomic E-state index is 5.89.